The largest absolute Gasteiger partial charge is 0.504 e. The van der Waals surface area contributed by atoms with E-state index in [1.807, 2.05) is 0 Å². The predicted molar refractivity (Wildman–Crippen MR) is 130 cm³/mol. The summed E-state index contributed by atoms with van der Waals surface area (Å²) in [6.07, 6.45) is -6.21. The van der Waals surface area contributed by atoms with Crippen LogP contribution in [0.25, 0.3) is 0 Å². The average molecular weight is 553 g/mol. The SMILES string of the molecule is CO/C=C/C(=O)C[C@@H](O)c1ccccc1O[C@@H]1O[C@H](COC(C)=O)[C@@H](OC(C)=O)[C@H](OC(C)=O)[C@H]1OC(C)=O. The number of rotatable bonds is 12. The van der Waals surface area contributed by atoms with Gasteiger partial charge in [-0.25, -0.2) is 0 Å². The lowest BCUT2D eigenvalue weighted by Crippen LogP contribution is -2.63. The van der Waals surface area contributed by atoms with Crippen molar-refractivity contribution in [1.82, 2.24) is 0 Å². The minimum absolute atomic E-state index is 0.0504. The van der Waals surface area contributed by atoms with Gasteiger partial charge in [0.25, 0.3) is 0 Å². The second-order valence-corrected chi connectivity index (χ2v) is 8.45. The second-order valence-electron chi connectivity index (χ2n) is 8.45. The van der Waals surface area contributed by atoms with Gasteiger partial charge in [0.15, 0.2) is 18.0 Å². The monoisotopic (exact) mass is 552 g/mol. The molecule has 13 heteroatoms. The first kappa shape index (κ1) is 31.2. The number of benzene rings is 1. The lowest BCUT2D eigenvalue weighted by Gasteiger charge is -2.44. The summed E-state index contributed by atoms with van der Waals surface area (Å²) in [6.45, 7) is 4.04. The summed E-state index contributed by atoms with van der Waals surface area (Å²) in [5.74, 6) is -3.39. The van der Waals surface area contributed by atoms with E-state index in [2.05, 4.69) is 0 Å². The maximum absolute atomic E-state index is 12.1. The number of ether oxygens (including phenoxy) is 7. The summed E-state index contributed by atoms with van der Waals surface area (Å²) in [6, 6.07) is 6.18. The molecule has 1 aliphatic heterocycles. The van der Waals surface area contributed by atoms with Gasteiger partial charge in [-0.05, 0) is 6.07 Å². The first-order valence-electron chi connectivity index (χ1n) is 11.9. The highest BCUT2D eigenvalue weighted by molar-refractivity contribution is 5.89. The molecule has 0 aliphatic carbocycles. The number of carbonyl (C=O) groups is 5. The van der Waals surface area contributed by atoms with E-state index in [-0.39, 0.29) is 17.7 Å². The van der Waals surface area contributed by atoms with Crippen LogP contribution in [-0.4, -0.2) is 79.2 Å². The Bertz CT molecular complexity index is 1070. The Morgan fingerprint density at radius 1 is 0.897 bits per heavy atom. The molecular weight excluding hydrogens is 520 g/mol. The van der Waals surface area contributed by atoms with Crippen LogP contribution in [0.5, 0.6) is 5.75 Å². The van der Waals surface area contributed by atoms with Gasteiger partial charge in [-0.15, -0.1) is 0 Å². The fourth-order valence-electron chi connectivity index (χ4n) is 3.78. The molecule has 1 N–H and O–H groups in total. The third kappa shape index (κ3) is 9.69. The first-order chi connectivity index (χ1) is 18.4. The van der Waals surface area contributed by atoms with E-state index < -0.39 is 73.1 Å². The number of allylic oxidation sites excluding steroid dienone is 1. The third-order valence-corrected chi connectivity index (χ3v) is 5.25. The van der Waals surface area contributed by atoms with Crippen molar-refractivity contribution in [3.8, 4) is 5.75 Å². The standard InChI is InChI=1S/C26H32O13/c1-14(27)34-13-22-23(35-15(2)28)24(36-16(3)29)25(37-17(4)30)26(39-22)38-21-9-7-6-8-19(21)20(32)12-18(31)10-11-33-5/h6-11,20,22-26,32H,12-13H2,1-5H3/b11-10+/t20-,22-,23-,24+,25-,26-/m1/s1. The molecule has 1 aromatic carbocycles. The molecule has 1 aromatic rings. The van der Waals surface area contributed by atoms with Crippen LogP contribution in [0.15, 0.2) is 36.6 Å². The molecule has 0 saturated carbocycles. The molecule has 214 valence electrons. The number of methoxy groups -OCH3 is 1. The second kappa shape index (κ2) is 14.8. The molecule has 6 atom stereocenters. The summed E-state index contributed by atoms with van der Waals surface area (Å²) in [7, 11) is 1.37. The Kier molecular flexibility index (Phi) is 11.9. The lowest BCUT2D eigenvalue weighted by atomic mass is 9.97. The smallest absolute Gasteiger partial charge is 0.303 e. The Morgan fingerprint density at radius 3 is 2.08 bits per heavy atom. The van der Waals surface area contributed by atoms with Crippen LogP contribution in [0, 0.1) is 0 Å². The van der Waals surface area contributed by atoms with Gasteiger partial charge in [-0.2, -0.15) is 0 Å². The van der Waals surface area contributed by atoms with Gasteiger partial charge in [-0.3, -0.25) is 24.0 Å². The first-order valence-corrected chi connectivity index (χ1v) is 11.9. The Balaban J connectivity index is 2.48. The molecule has 1 fully saturated rings. The van der Waals surface area contributed by atoms with E-state index in [4.69, 9.17) is 33.2 Å². The zero-order valence-corrected chi connectivity index (χ0v) is 22.2. The molecule has 39 heavy (non-hydrogen) atoms. The number of ketones is 1. The molecule has 0 aromatic heterocycles. The van der Waals surface area contributed by atoms with Crippen LogP contribution in [0.1, 0.15) is 45.8 Å². The molecule has 0 radical (unpaired) electrons. The molecule has 2 rings (SSSR count). The summed E-state index contributed by atoms with van der Waals surface area (Å²) in [5.41, 5.74) is 0.199. The number of esters is 4. The summed E-state index contributed by atoms with van der Waals surface area (Å²) in [4.78, 5) is 59.5. The average Bonchev–Trinajstić information content (AvgIpc) is 2.84. The zero-order chi connectivity index (χ0) is 29.1. The number of para-hydroxylation sites is 1. The van der Waals surface area contributed by atoms with Crippen LogP contribution in [-0.2, 0) is 52.4 Å². The van der Waals surface area contributed by atoms with E-state index >= 15 is 0 Å². The molecule has 0 bridgehead atoms. The van der Waals surface area contributed by atoms with Crippen molar-refractivity contribution >= 4 is 29.7 Å². The fourth-order valence-corrected chi connectivity index (χ4v) is 3.78. The van der Waals surface area contributed by atoms with Gasteiger partial charge in [0.1, 0.15) is 18.5 Å². The molecule has 0 amide bonds. The number of aliphatic hydroxyl groups is 1. The molecule has 0 spiro atoms. The van der Waals surface area contributed by atoms with E-state index in [0.717, 1.165) is 33.8 Å². The van der Waals surface area contributed by atoms with Crippen LogP contribution >= 0.6 is 0 Å². The van der Waals surface area contributed by atoms with Crippen molar-refractivity contribution in [3.05, 3.63) is 42.2 Å². The van der Waals surface area contributed by atoms with Gasteiger partial charge in [0.05, 0.1) is 19.5 Å². The Hall–Kier alpha value is -3.97. The highest BCUT2D eigenvalue weighted by atomic mass is 16.7. The topological polar surface area (TPSA) is 170 Å². The van der Waals surface area contributed by atoms with Crippen LogP contribution in [0.3, 0.4) is 0 Å². The van der Waals surface area contributed by atoms with Gasteiger partial charge in [0.2, 0.25) is 12.4 Å². The molecular formula is C26H32O13. The van der Waals surface area contributed by atoms with Crippen molar-refractivity contribution in [1.29, 1.82) is 0 Å². The minimum atomic E-state index is -1.50. The van der Waals surface area contributed by atoms with Crippen molar-refractivity contribution in [3.63, 3.8) is 0 Å². The highest BCUT2D eigenvalue weighted by Gasteiger charge is 2.53. The molecule has 1 heterocycles. The Labute approximate surface area is 224 Å². The van der Waals surface area contributed by atoms with E-state index in [1.165, 1.54) is 25.5 Å². The van der Waals surface area contributed by atoms with Gasteiger partial charge in [-0.1, -0.05) is 18.2 Å². The number of aliphatic hydroxyl groups excluding tert-OH is 1. The highest BCUT2D eigenvalue weighted by Crippen LogP contribution is 2.34. The van der Waals surface area contributed by atoms with Gasteiger partial charge < -0.3 is 38.3 Å². The van der Waals surface area contributed by atoms with Crippen LogP contribution in [0.4, 0.5) is 0 Å². The summed E-state index contributed by atoms with van der Waals surface area (Å²) >= 11 is 0. The van der Waals surface area contributed by atoms with E-state index in [1.54, 1.807) is 12.1 Å². The quantitative estimate of drug-likeness (QED) is 0.170. The predicted octanol–water partition coefficient (Wildman–Crippen LogP) is 1.30. The molecule has 1 aliphatic rings. The molecule has 13 nitrogen and oxygen atoms in total. The lowest BCUT2D eigenvalue weighted by molar-refractivity contribution is -0.288. The minimum Gasteiger partial charge on any atom is -0.504 e. The van der Waals surface area contributed by atoms with Crippen molar-refractivity contribution < 1.29 is 62.2 Å². The van der Waals surface area contributed by atoms with Crippen molar-refractivity contribution in [2.24, 2.45) is 0 Å². The van der Waals surface area contributed by atoms with Crippen LogP contribution in [0.2, 0.25) is 0 Å². The van der Waals surface area contributed by atoms with E-state index in [9.17, 15) is 29.1 Å². The Morgan fingerprint density at radius 2 is 1.49 bits per heavy atom. The maximum atomic E-state index is 12.1. The third-order valence-electron chi connectivity index (χ3n) is 5.25. The number of hydrogen-bond donors (Lipinski definition) is 1. The van der Waals surface area contributed by atoms with Gasteiger partial charge in [0, 0.05) is 45.8 Å². The maximum Gasteiger partial charge on any atom is 0.303 e. The normalized spacial score (nSPS) is 23.3. The zero-order valence-electron chi connectivity index (χ0n) is 22.2. The number of hydrogen-bond acceptors (Lipinski definition) is 13. The van der Waals surface area contributed by atoms with Gasteiger partial charge >= 0.3 is 23.9 Å². The van der Waals surface area contributed by atoms with Crippen LogP contribution < -0.4 is 4.74 Å². The fraction of sp³-hybridized carbons (Fsp3) is 0.500. The molecule has 0 unspecified atom stereocenters. The summed E-state index contributed by atoms with van der Waals surface area (Å²) in [5, 5.41) is 10.7. The summed E-state index contributed by atoms with van der Waals surface area (Å²) < 4.78 is 37.8. The molecule has 1 saturated heterocycles. The van der Waals surface area contributed by atoms with Crippen molar-refractivity contribution in [2.45, 2.75) is 70.9 Å². The van der Waals surface area contributed by atoms with Crippen molar-refractivity contribution in [2.75, 3.05) is 13.7 Å². The van der Waals surface area contributed by atoms with E-state index in [0.29, 0.717) is 0 Å². The number of carbonyl (C=O) groups excluding carboxylic acids is 5.